The monoisotopic (exact) mass is 248 g/mol. The van der Waals surface area contributed by atoms with E-state index in [9.17, 15) is 0 Å². The minimum absolute atomic E-state index is 0.310. The Balaban J connectivity index is 2.02. The molecule has 1 unspecified atom stereocenters. The third-order valence-electron chi connectivity index (χ3n) is 3.66. The van der Waals surface area contributed by atoms with Gasteiger partial charge in [0.2, 0.25) is 0 Å². The van der Waals surface area contributed by atoms with Gasteiger partial charge in [-0.1, -0.05) is 60.7 Å². The van der Waals surface area contributed by atoms with Gasteiger partial charge in [0.15, 0.2) is 0 Å². The molecule has 95 valence electrons. The smallest absolute Gasteiger partial charge is 0.0652 e. The van der Waals surface area contributed by atoms with Crippen LogP contribution in [0.1, 0.15) is 30.9 Å². The highest BCUT2D eigenvalue weighted by molar-refractivity contribution is 5.84. The van der Waals surface area contributed by atoms with Gasteiger partial charge in [-0.2, -0.15) is 0 Å². The van der Waals surface area contributed by atoms with Crippen LogP contribution in [0, 0.1) is 5.92 Å². The van der Waals surface area contributed by atoms with Crippen LogP contribution in [-0.4, -0.2) is 11.8 Å². The number of benzene rings is 2. The average Bonchev–Trinajstić information content (AvgIpc) is 2.88. The Kier molecular flexibility index (Phi) is 3.45. The minimum Gasteiger partial charge on any atom is -0.290 e. The van der Waals surface area contributed by atoms with E-state index < -0.39 is 0 Å². The second-order valence-electron chi connectivity index (χ2n) is 5.06. The molecule has 2 aromatic carbocycles. The molecule has 2 aromatic rings. The van der Waals surface area contributed by atoms with Crippen molar-refractivity contribution >= 4 is 5.71 Å². The molecule has 1 nitrogen and oxygen atoms in total. The van der Waals surface area contributed by atoms with Gasteiger partial charge in [-0.3, -0.25) is 4.99 Å². The van der Waals surface area contributed by atoms with E-state index in [0.717, 1.165) is 12.8 Å². The van der Waals surface area contributed by atoms with Crippen LogP contribution in [-0.2, 0) is 0 Å². The first-order chi connectivity index (χ1) is 9.34. The zero-order valence-corrected chi connectivity index (χ0v) is 11.2. The van der Waals surface area contributed by atoms with E-state index in [1.165, 1.54) is 22.8 Å². The Hall–Kier alpha value is -1.89. The molecule has 1 radical (unpaired) electrons. The Labute approximate surface area is 115 Å². The Morgan fingerprint density at radius 2 is 1.42 bits per heavy atom. The first-order valence-electron chi connectivity index (χ1n) is 6.85. The lowest BCUT2D eigenvalue weighted by atomic mass is 9.84. The summed E-state index contributed by atoms with van der Waals surface area (Å²) in [6, 6.07) is 21.6. The summed E-state index contributed by atoms with van der Waals surface area (Å²) in [5.41, 5.74) is 3.85. The fraction of sp³-hybridized carbons (Fsp3) is 0.222. The van der Waals surface area contributed by atoms with Crippen molar-refractivity contribution in [1.29, 1.82) is 0 Å². The maximum atomic E-state index is 4.82. The van der Waals surface area contributed by atoms with Crippen molar-refractivity contribution in [2.75, 3.05) is 0 Å². The topological polar surface area (TPSA) is 12.4 Å². The number of aliphatic imine (C=N–C) groups is 1. The van der Waals surface area contributed by atoms with Crippen molar-refractivity contribution in [2.45, 2.75) is 25.8 Å². The number of hydrogen-bond donors (Lipinski definition) is 0. The number of nitrogens with zero attached hydrogens (tertiary/aromatic N) is 1. The molecule has 3 rings (SSSR count). The van der Waals surface area contributed by atoms with Gasteiger partial charge in [0.25, 0.3) is 0 Å². The summed E-state index contributed by atoms with van der Waals surface area (Å²) in [4.78, 5) is 4.82. The molecule has 0 N–H and O–H groups in total. The fourth-order valence-corrected chi connectivity index (χ4v) is 2.74. The minimum atomic E-state index is 0.310. The average molecular weight is 248 g/mol. The van der Waals surface area contributed by atoms with Gasteiger partial charge in [0, 0.05) is 5.71 Å². The molecule has 19 heavy (non-hydrogen) atoms. The van der Waals surface area contributed by atoms with Crippen molar-refractivity contribution in [3.05, 3.63) is 77.7 Å². The molecular formula is C18H18N. The molecular weight excluding hydrogens is 230 g/mol. The first kappa shape index (κ1) is 12.2. The lowest BCUT2D eigenvalue weighted by molar-refractivity contribution is 0.717. The SMILES string of the molecule is CC1=NC([C](c2ccccc2)c2ccccc2)CC1. The molecule has 1 aliphatic heterocycles. The summed E-state index contributed by atoms with van der Waals surface area (Å²) in [7, 11) is 0. The van der Waals surface area contributed by atoms with Crippen molar-refractivity contribution in [3.8, 4) is 0 Å². The van der Waals surface area contributed by atoms with Gasteiger partial charge < -0.3 is 0 Å². The van der Waals surface area contributed by atoms with Crippen molar-refractivity contribution < 1.29 is 0 Å². The lowest BCUT2D eigenvalue weighted by Gasteiger charge is -2.21. The zero-order chi connectivity index (χ0) is 13.1. The second kappa shape index (κ2) is 5.40. The third-order valence-corrected chi connectivity index (χ3v) is 3.66. The molecule has 0 fully saturated rings. The second-order valence-corrected chi connectivity index (χ2v) is 5.06. The highest BCUT2D eigenvalue weighted by Crippen LogP contribution is 2.33. The molecule has 1 heteroatoms. The maximum Gasteiger partial charge on any atom is 0.0652 e. The largest absolute Gasteiger partial charge is 0.290 e. The van der Waals surface area contributed by atoms with Crippen LogP contribution in [0.25, 0.3) is 0 Å². The molecule has 0 saturated carbocycles. The van der Waals surface area contributed by atoms with Gasteiger partial charge in [0.1, 0.15) is 0 Å². The highest BCUT2D eigenvalue weighted by atomic mass is 14.8. The Morgan fingerprint density at radius 1 is 0.895 bits per heavy atom. The molecule has 1 aliphatic rings. The lowest BCUT2D eigenvalue weighted by Crippen LogP contribution is -2.16. The summed E-state index contributed by atoms with van der Waals surface area (Å²) in [6.07, 6.45) is 2.25. The Bertz CT molecular complexity index is 517. The normalized spacial score (nSPS) is 18.6. The van der Waals surface area contributed by atoms with Crippen LogP contribution in [0.2, 0.25) is 0 Å². The summed E-state index contributed by atoms with van der Waals surface area (Å²) < 4.78 is 0. The molecule has 0 spiro atoms. The predicted molar refractivity (Wildman–Crippen MR) is 80.5 cm³/mol. The van der Waals surface area contributed by atoms with E-state index in [0.29, 0.717) is 6.04 Å². The predicted octanol–water partition coefficient (Wildman–Crippen LogP) is 4.28. The number of rotatable bonds is 3. The van der Waals surface area contributed by atoms with Gasteiger partial charge in [0.05, 0.1) is 12.0 Å². The fourth-order valence-electron chi connectivity index (χ4n) is 2.74. The van der Waals surface area contributed by atoms with Crippen LogP contribution < -0.4 is 0 Å². The van der Waals surface area contributed by atoms with Crippen molar-refractivity contribution in [3.63, 3.8) is 0 Å². The first-order valence-corrected chi connectivity index (χ1v) is 6.85. The van der Waals surface area contributed by atoms with Gasteiger partial charge in [-0.25, -0.2) is 0 Å². The zero-order valence-electron chi connectivity index (χ0n) is 11.2. The summed E-state index contributed by atoms with van der Waals surface area (Å²) in [6.45, 7) is 2.13. The third kappa shape index (κ3) is 2.60. The van der Waals surface area contributed by atoms with E-state index in [4.69, 9.17) is 4.99 Å². The highest BCUT2D eigenvalue weighted by Gasteiger charge is 2.28. The van der Waals surface area contributed by atoms with Crippen molar-refractivity contribution in [1.82, 2.24) is 0 Å². The van der Waals surface area contributed by atoms with Crippen LogP contribution in [0.15, 0.2) is 65.7 Å². The Morgan fingerprint density at radius 3 is 1.84 bits per heavy atom. The van der Waals surface area contributed by atoms with Crippen LogP contribution in [0.4, 0.5) is 0 Å². The molecule has 0 aromatic heterocycles. The van der Waals surface area contributed by atoms with E-state index in [2.05, 4.69) is 67.6 Å². The molecule has 1 atom stereocenters. The van der Waals surface area contributed by atoms with Crippen LogP contribution >= 0.6 is 0 Å². The van der Waals surface area contributed by atoms with Crippen LogP contribution in [0.5, 0.6) is 0 Å². The molecule has 0 aliphatic carbocycles. The van der Waals surface area contributed by atoms with Gasteiger partial charge in [-0.15, -0.1) is 0 Å². The molecule has 0 saturated heterocycles. The van der Waals surface area contributed by atoms with E-state index in [1.54, 1.807) is 0 Å². The maximum absolute atomic E-state index is 4.82. The standard InChI is InChI=1S/C18H18N/c1-14-12-13-17(19-14)18(15-8-4-2-5-9-15)16-10-6-3-7-11-16/h2-11,17H,12-13H2,1H3. The van der Waals surface area contributed by atoms with Crippen LogP contribution in [0.3, 0.4) is 0 Å². The number of hydrogen-bond acceptors (Lipinski definition) is 1. The summed E-state index contributed by atoms with van der Waals surface area (Å²) >= 11 is 0. The van der Waals surface area contributed by atoms with Crippen molar-refractivity contribution in [2.24, 2.45) is 4.99 Å². The quantitative estimate of drug-likeness (QED) is 0.768. The van der Waals surface area contributed by atoms with E-state index in [1.807, 2.05) is 0 Å². The summed E-state index contributed by atoms with van der Waals surface area (Å²) in [5.74, 6) is 1.36. The molecule has 1 heterocycles. The molecule has 0 amide bonds. The van der Waals surface area contributed by atoms with Gasteiger partial charge >= 0.3 is 0 Å². The van der Waals surface area contributed by atoms with E-state index in [-0.39, 0.29) is 0 Å². The summed E-state index contributed by atoms with van der Waals surface area (Å²) in [5, 5.41) is 0. The van der Waals surface area contributed by atoms with E-state index >= 15 is 0 Å². The molecule has 0 bridgehead atoms. The van der Waals surface area contributed by atoms with Gasteiger partial charge in [-0.05, 0) is 30.9 Å².